The van der Waals surface area contributed by atoms with Crippen molar-refractivity contribution in [2.75, 3.05) is 7.11 Å². The van der Waals surface area contributed by atoms with E-state index in [1.807, 2.05) is 0 Å². The van der Waals surface area contributed by atoms with E-state index in [0.29, 0.717) is 0 Å². The van der Waals surface area contributed by atoms with Crippen LogP contribution in [0.25, 0.3) is 0 Å². The number of hydrogen-bond acceptors (Lipinski definition) is 5. The minimum Gasteiger partial charge on any atom is -0.364 e. The molecule has 2 aromatic rings. The highest BCUT2D eigenvalue weighted by Gasteiger charge is 2.39. The Morgan fingerprint density at radius 3 is 2.54 bits per heavy atom. The lowest BCUT2D eigenvalue weighted by molar-refractivity contribution is -0.159. The number of ether oxygens (including phenoxy) is 1. The number of carbonyl (C=O) groups is 1. The van der Waals surface area contributed by atoms with Crippen LogP contribution >= 0.6 is 0 Å². The summed E-state index contributed by atoms with van der Waals surface area (Å²) in [5, 5.41) is 5.42. The fourth-order valence-electron chi connectivity index (χ4n) is 1.94. The lowest BCUT2D eigenvalue weighted by Crippen LogP contribution is -2.44. The van der Waals surface area contributed by atoms with Crippen LogP contribution in [0.1, 0.15) is 24.2 Å². The summed E-state index contributed by atoms with van der Waals surface area (Å²) in [6.07, 6.45) is -4.77. The van der Waals surface area contributed by atoms with Gasteiger partial charge in [-0.1, -0.05) is 23.4 Å². The zero-order valence-electron chi connectivity index (χ0n) is 12.6. The Balaban J connectivity index is 2.13. The lowest BCUT2D eigenvalue weighted by Gasteiger charge is -2.27. The lowest BCUT2D eigenvalue weighted by atomic mass is 9.94. The van der Waals surface area contributed by atoms with E-state index in [-0.39, 0.29) is 11.4 Å². The fraction of sp³-hybridized carbons (Fsp3) is 0.357. The SMILES string of the molecule is CO[C@@](C)(C(=O)NCc1noc(C(F)(F)F)n1)c1ccccc1F. The van der Waals surface area contributed by atoms with Crippen molar-refractivity contribution in [2.45, 2.75) is 25.2 Å². The number of halogens is 4. The Morgan fingerprint density at radius 1 is 1.33 bits per heavy atom. The quantitative estimate of drug-likeness (QED) is 0.841. The molecule has 1 N–H and O–H groups in total. The summed E-state index contributed by atoms with van der Waals surface area (Å²) in [7, 11) is 1.21. The molecule has 0 fully saturated rings. The second-order valence-electron chi connectivity index (χ2n) is 4.91. The number of carbonyl (C=O) groups excluding carboxylic acids is 1. The molecule has 1 amide bonds. The summed E-state index contributed by atoms with van der Waals surface area (Å²) in [4.78, 5) is 15.4. The number of benzene rings is 1. The number of alkyl halides is 3. The van der Waals surface area contributed by atoms with E-state index in [1.165, 1.54) is 32.2 Å². The molecule has 0 saturated heterocycles. The molecule has 1 atom stereocenters. The molecule has 1 aromatic carbocycles. The molecule has 0 aliphatic rings. The summed E-state index contributed by atoms with van der Waals surface area (Å²) < 4.78 is 60.2. The highest BCUT2D eigenvalue weighted by atomic mass is 19.4. The first-order valence-electron chi connectivity index (χ1n) is 6.66. The molecule has 130 valence electrons. The van der Waals surface area contributed by atoms with Crippen molar-refractivity contribution in [3.63, 3.8) is 0 Å². The number of nitrogens with zero attached hydrogens (tertiary/aromatic N) is 2. The summed E-state index contributed by atoms with van der Waals surface area (Å²) in [5.41, 5.74) is -1.70. The normalized spacial score (nSPS) is 14.2. The highest BCUT2D eigenvalue weighted by Crippen LogP contribution is 2.28. The monoisotopic (exact) mass is 347 g/mol. The van der Waals surface area contributed by atoms with Gasteiger partial charge in [0.2, 0.25) is 0 Å². The zero-order valence-corrected chi connectivity index (χ0v) is 12.6. The predicted molar refractivity (Wildman–Crippen MR) is 71.9 cm³/mol. The second-order valence-corrected chi connectivity index (χ2v) is 4.91. The number of methoxy groups -OCH3 is 1. The van der Waals surface area contributed by atoms with Gasteiger partial charge in [-0.15, -0.1) is 0 Å². The fourth-order valence-corrected chi connectivity index (χ4v) is 1.94. The number of nitrogens with one attached hydrogen (secondary N) is 1. The van der Waals surface area contributed by atoms with E-state index in [9.17, 15) is 22.4 Å². The van der Waals surface area contributed by atoms with E-state index < -0.39 is 35.9 Å². The Morgan fingerprint density at radius 2 is 2.00 bits per heavy atom. The molecule has 0 unspecified atom stereocenters. The molecule has 1 heterocycles. The van der Waals surface area contributed by atoms with Gasteiger partial charge in [-0.2, -0.15) is 18.2 Å². The Kier molecular flexibility index (Phi) is 4.88. The molecular weight excluding hydrogens is 334 g/mol. The van der Waals surface area contributed by atoms with E-state index in [4.69, 9.17) is 4.74 Å². The van der Waals surface area contributed by atoms with Gasteiger partial charge in [-0.05, 0) is 13.0 Å². The van der Waals surface area contributed by atoms with Crippen LogP contribution in [-0.4, -0.2) is 23.2 Å². The first-order valence-corrected chi connectivity index (χ1v) is 6.66. The molecule has 2 rings (SSSR count). The number of hydrogen-bond donors (Lipinski definition) is 1. The van der Waals surface area contributed by atoms with Crippen LogP contribution in [0.15, 0.2) is 28.8 Å². The van der Waals surface area contributed by atoms with Crippen LogP contribution in [0.2, 0.25) is 0 Å². The van der Waals surface area contributed by atoms with E-state index in [2.05, 4.69) is 20.0 Å². The third kappa shape index (κ3) is 3.53. The molecule has 1 aromatic heterocycles. The average Bonchev–Trinajstić information content (AvgIpc) is 3.01. The van der Waals surface area contributed by atoms with Crippen molar-refractivity contribution in [1.29, 1.82) is 0 Å². The Bertz CT molecular complexity index is 732. The van der Waals surface area contributed by atoms with Crippen molar-refractivity contribution in [3.05, 3.63) is 47.4 Å². The van der Waals surface area contributed by atoms with E-state index >= 15 is 0 Å². The molecule has 6 nitrogen and oxygen atoms in total. The summed E-state index contributed by atoms with van der Waals surface area (Å²) in [6.45, 7) is 0.893. The topological polar surface area (TPSA) is 77.2 Å². The van der Waals surface area contributed by atoms with Gasteiger partial charge in [-0.25, -0.2) is 4.39 Å². The van der Waals surface area contributed by atoms with Gasteiger partial charge in [0, 0.05) is 12.7 Å². The van der Waals surface area contributed by atoms with Crippen molar-refractivity contribution < 1.29 is 31.6 Å². The van der Waals surface area contributed by atoms with Gasteiger partial charge in [0.15, 0.2) is 11.4 Å². The van der Waals surface area contributed by atoms with Crippen LogP contribution in [0, 0.1) is 5.82 Å². The van der Waals surface area contributed by atoms with Crippen LogP contribution in [0.5, 0.6) is 0 Å². The standard InChI is InChI=1S/C14H13F4N3O3/c1-13(23-2,8-5-3-4-6-9(8)15)11(22)19-7-10-20-12(24-21-10)14(16,17)18/h3-6H,7H2,1-2H3,(H,19,22)/t13-/m1/s1. The molecule has 10 heteroatoms. The number of rotatable bonds is 5. The summed E-state index contributed by atoms with van der Waals surface area (Å²) >= 11 is 0. The van der Waals surface area contributed by atoms with Gasteiger partial charge in [-0.3, -0.25) is 4.79 Å². The molecule has 0 saturated carbocycles. The maximum absolute atomic E-state index is 13.9. The predicted octanol–water partition coefficient (Wildman–Crippen LogP) is 2.41. The van der Waals surface area contributed by atoms with Crippen molar-refractivity contribution in [3.8, 4) is 0 Å². The molecule has 0 spiro atoms. The smallest absolute Gasteiger partial charge is 0.364 e. The molecule has 0 radical (unpaired) electrons. The van der Waals surface area contributed by atoms with Crippen molar-refractivity contribution in [1.82, 2.24) is 15.5 Å². The summed E-state index contributed by atoms with van der Waals surface area (Å²) in [5.74, 6) is -3.32. The zero-order chi connectivity index (χ0) is 18.0. The van der Waals surface area contributed by atoms with E-state index in [0.717, 1.165) is 6.07 Å². The Labute approximate surface area is 133 Å². The summed E-state index contributed by atoms with van der Waals surface area (Å²) in [6, 6.07) is 5.51. The van der Waals surface area contributed by atoms with Crippen molar-refractivity contribution >= 4 is 5.91 Å². The minimum atomic E-state index is -4.77. The van der Waals surface area contributed by atoms with E-state index in [1.54, 1.807) is 0 Å². The maximum atomic E-state index is 13.9. The second kappa shape index (κ2) is 6.56. The molecule has 0 bridgehead atoms. The third-order valence-electron chi connectivity index (χ3n) is 3.35. The first kappa shape index (κ1) is 17.9. The van der Waals surface area contributed by atoms with Gasteiger partial charge >= 0.3 is 12.1 Å². The molecule has 0 aliphatic carbocycles. The van der Waals surface area contributed by atoms with Crippen molar-refractivity contribution in [2.24, 2.45) is 0 Å². The van der Waals surface area contributed by atoms with Gasteiger partial charge in [0.05, 0.1) is 6.54 Å². The average molecular weight is 347 g/mol. The highest BCUT2D eigenvalue weighted by molar-refractivity contribution is 5.86. The van der Waals surface area contributed by atoms with Crippen LogP contribution in [0.4, 0.5) is 17.6 Å². The Hall–Kier alpha value is -2.49. The number of amides is 1. The maximum Gasteiger partial charge on any atom is 0.471 e. The largest absolute Gasteiger partial charge is 0.471 e. The molecular formula is C14H13F4N3O3. The minimum absolute atomic E-state index is 0.0194. The van der Waals surface area contributed by atoms with Gasteiger partial charge < -0.3 is 14.6 Å². The van der Waals surface area contributed by atoms with Crippen LogP contribution < -0.4 is 5.32 Å². The first-order chi connectivity index (χ1) is 11.2. The third-order valence-corrected chi connectivity index (χ3v) is 3.35. The molecule has 24 heavy (non-hydrogen) atoms. The van der Waals surface area contributed by atoms with Crippen LogP contribution in [0.3, 0.4) is 0 Å². The van der Waals surface area contributed by atoms with Gasteiger partial charge in [0.25, 0.3) is 5.91 Å². The molecule has 0 aliphatic heterocycles. The van der Waals surface area contributed by atoms with Crippen LogP contribution in [-0.2, 0) is 27.9 Å². The van der Waals surface area contributed by atoms with Gasteiger partial charge in [0.1, 0.15) is 5.82 Å². The number of aromatic nitrogens is 2.